The quantitative estimate of drug-likeness (QED) is 0.603. The first kappa shape index (κ1) is 10.2. The summed E-state index contributed by atoms with van der Waals surface area (Å²) in [6.07, 6.45) is 1.25. The van der Waals surface area contributed by atoms with Gasteiger partial charge in [0.2, 0.25) is 0 Å². The van der Waals surface area contributed by atoms with Crippen molar-refractivity contribution in [2.45, 2.75) is 52.7 Å². The third-order valence-corrected chi connectivity index (χ3v) is 4.18. The Morgan fingerprint density at radius 1 is 1.36 bits per heavy atom. The number of rotatable bonds is 1. The molecule has 1 saturated heterocycles. The molecule has 0 aromatic heterocycles. The lowest BCUT2D eigenvalue weighted by atomic mass is 9.61. The Balaban J connectivity index is 2.29. The zero-order chi connectivity index (χ0) is 10.7. The Bertz CT molecular complexity index is 280. The van der Waals surface area contributed by atoms with Gasteiger partial charge in [0.1, 0.15) is 0 Å². The summed E-state index contributed by atoms with van der Waals surface area (Å²) >= 11 is 0. The Labute approximate surface area is 86.0 Å². The van der Waals surface area contributed by atoms with Crippen molar-refractivity contribution in [3.8, 4) is 0 Å². The molecule has 2 aliphatic rings. The van der Waals surface area contributed by atoms with Gasteiger partial charge in [-0.05, 0) is 25.2 Å². The van der Waals surface area contributed by atoms with Crippen molar-refractivity contribution in [1.82, 2.24) is 0 Å². The molecule has 0 radical (unpaired) electrons. The van der Waals surface area contributed by atoms with Crippen LogP contribution in [0.15, 0.2) is 0 Å². The normalized spacial score (nSPS) is 45.1. The molecule has 0 amide bonds. The molecule has 2 fully saturated rings. The van der Waals surface area contributed by atoms with E-state index < -0.39 is 5.60 Å². The second-order valence-corrected chi connectivity index (χ2v) is 5.85. The highest BCUT2D eigenvalue weighted by Gasteiger charge is 2.67. The molecule has 0 bridgehead atoms. The molecule has 2 heteroatoms. The van der Waals surface area contributed by atoms with Crippen LogP contribution in [0.25, 0.3) is 0 Å². The fourth-order valence-electron chi connectivity index (χ4n) is 3.17. The van der Waals surface area contributed by atoms with Gasteiger partial charge in [-0.3, -0.25) is 4.79 Å². The summed E-state index contributed by atoms with van der Waals surface area (Å²) in [5, 5.41) is 0. The lowest BCUT2D eigenvalue weighted by molar-refractivity contribution is -0.137. The van der Waals surface area contributed by atoms with Crippen LogP contribution in [0.2, 0.25) is 0 Å². The molecule has 0 aromatic carbocycles. The van der Waals surface area contributed by atoms with E-state index in [4.69, 9.17) is 4.74 Å². The number of carbonyl (C=O) groups is 1. The molecule has 1 saturated carbocycles. The van der Waals surface area contributed by atoms with Crippen molar-refractivity contribution in [3.05, 3.63) is 0 Å². The number of hydrogen-bond acceptors (Lipinski definition) is 2. The molecule has 80 valence electrons. The minimum Gasteiger partial charge on any atom is -0.358 e. The van der Waals surface area contributed by atoms with Crippen molar-refractivity contribution >= 4 is 5.78 Å². The zero-order valence-corrected chi connectivity index (χ0v) is 9.76. The van der Waals surface area contributed by atoms with Crippen LogP contribution in [0.4, 0.5) is 0 Å². The Morgan fingerprint density at radius 2 is 1.93 bits per heavy atom. The number of ether oxygens (including phenoxy) is 1. The van der Waals surface area contributed by atoms with Gasteiger partial charge < -0.3 is 4.74 Å². The zero-order valence-electron chi connectivity index (χ0n) is 9.76. The van der Waals surface area contributed by atoms with Gasteiger partial charge in [-0.1, -0.05) is 27.7 Å². The number of ketones is 1. The van der Waals surface area contributed by atoms with Crippen molar-refractivity contribution < 1.29 is 9.53 Å². The van der Waals surface area contributed by atoms with Gasteiger partial charge in [0.15, 0.2) is 11.4 Å². The van der Waals surface area contributed by atoms with Crippen LogP contribution in [-0.2, 0) is 9.53 Å². The number of fused-ring (bicyclic) bond motifs is 1. The van der Waals surface area contributed by atoms with Gasteiger partial charge in [0.05, 0.1) is 6.10 Å². The van der Waals surface area contributed by atoms with Gasteiger partial charge in [0, 0.05) is 5.41 Å². The first-order valence-corrected chi connectivity index (χ1v) is 5.53. The summed E-state index contributed by atoms with van der Waals surface area (Å²) in [7, 11) is 0. The fraction of sp³-hybridized carbons (Fsp3) is 0.917. The standard InChI is InChI=1S/C12H20O2/c1-7(2)8-6-9-12(5,14-9)10(13)11(8,3)4/h7-9H,6H2,1-5H3/t8?,9-,12-/m0/s1. The summed E-state index contributed by atoms with van der Waals surface area (Å²) in [5.74, 6) is 1.33. The summed E-state index contributed by atoms with van der Waals surface area (Å²) in [6.45, 7) is 10.5. The molecule has 1 heterocycles. The first-order chi connectivity index (χ1) is 6.30. The molecule has 2 rings (SSSR count). The largest absolute Gasteiger partial charge is 0.358 e. The smallest absolute Gasteiger partial charge is 0.172 e. The van der Waals surface area contributed by atoms with E-state index in [1.807, 2.05) is 6.92 Å². The molecule has 3 atom stereocenters. The highest BCUT2D eigenvalue weighted by Crippen LogP contribution is 2.55. The molecule has 0 N–H and O–H groups in total. The minimum absolute atomic E-state index is 0.204. The average Bonchev–Trinajstić information content (AvgIpc) is 2.71. The summed E-state index contributed by atoms with van der Waals surface area (Å²) < 4.78 is 5.54. The van der Waals surface area contributed by atoms with E-state index in [9.17, 15) is 4.79 Å². The van der Waals surface area contributed by atoms with E-state index in [0.717, 1.165) is 6.42 Å². The van der Waals surface area contributed by atoms with Crippen LogP contribution >= 0.6 is 0 Å². The number of hydrogen-bond donors (Lipinski definition) is 0. The molecule has 14 heavy (non-hydrogen) atoms. The van der Waals surface area contributed by atoms with Gasteiger partial charge in [-0.2, -0.15) is 0 Å². The molecule has 1 unspecified atom stereocenters. The third kappa shape index (κ3) is 1.10. The SMILES string of the molecule is CC(C)C1C[C@@H]2O[C@]2(C)C(=O)C1(C)C. The highest BCUT2D eigenvalue weighted by molar-refractivity contribution is 5.95. The molecule has 2 nitrogen and oxygen atoms in total. The van der Waals surface area contributed by atoms with E-state index >= 15 is 0 Å². The van der Waals surface area contributed by atoms with Crippen molar-refractivity contribution in [2.75, 3.05) is 0 Å². The monoisotopic (exact) mass is 196 g/mol. The Hall–Kier alpha value is -0.370. The molecule has 0 spiro atoms. The highest BCUT2D eigenvalue weighted by atomic mass is 16.6. The summed E-state index contributed by atoms with van der Waals surface area (Å²) in [6, 6.07) is 0. The summed E-state index contributed by atoms with van der Waals surface area (Å²) in [4.78, 5) is 12.2. The van der Waals surface area contributed by atoms with Crippen molar-refractivity contribution in [3.63, 3.8) is 0 Å². The van der Waals surface area contributed by atoms with Crippen LogP contribution in [0, 0.1) is 17.3 Å². The second kappa shape index (κ2) is 2.60. The predicted octanol–water partition coefficient (Wildman–Crippen LogP) is 2.42. The van der Waals surface area contributed by atoms with Crippen LogP contribution in [0.1, 0.15) is 41.0 Å². The van der Waals surface area contributed by atoms with Gasteiger partial charge in [-0.15, -0.1) is 0 Å². The fourth-order valence-corrected chi connectivity index (χ4v) is 3.17. The lowest BCUT2D eigenvalue weighted by Gasteiger charge is -2.39. The lowest BCUT2D eigenvalue weighted by Crippen LogP contribution is -2.48. The van der Waals surface area contributed by atoms with Gasteiger partial charge in [0.25, 0.3) is 0 Å². The molecule has 0 aromatic rings. The van der Waals surface area contributed by atoms with Gasteiger partial charge >= 0.3 is 0 Å². The Kier molecular flexibility index (Phi) is 1.89. The van der Waals surface area contributed by atoms with Crippen molar-refractivity contribution in [2.24, 2.45) is 17.3 Å². The second-order valence-electron chi connectivity index (χ2n) is 5.85. The minimum atomic E-state index is -0.436. The van der Waals surface area contributed by atoms with Crippen LogP contribution in [0.5, 0.6) is 0 Å². The predicted molar refractivity (Wildman–Crippen MR) is 55.0 cm³/mol. The van der Waals surface area contributed by atoms with Crippen molar-refractivity contribution in [1.29, 1.82) is 0 Å². The van der Waals surface area contributed by atoms with E-state index in [2.05, 4.69) is 27.7 Å². The van der Waals surface area contributed by atoms with E-state index in [-0.39, 0.29) is 11.5 Å². The van der Waals surface area contributed by atoms with Crippen LogP contribution in [0.3, 0.4) is 0 Å². The average molecular weight is 196 g/mol. The number of carbonyl (C=O) groups excluding carboxylic acids is 1. The van der Waals surface area contributed by atoms with E-state index in [1.54, 1.807) is 0 Å². The number of epoxide rings is 1. The maximum Gasteiger partial charge on any atom is 0.172 e. The van der Waals surface area contributed by atoms with E-state index in [1.165, 1.54) is 0 Å². The molecular weight excluding hydrogens is 176 g/mol. The van der Waals surface area contributed by atoms with Crippen LogP contribution < -0.4 is 0 Å². The molecule has 1 aliphatic carbocycles. The van der Waals surface area contributed by atoms with E-state index in [0.29, 0.717) is 17.6 Å². The third-order valence-electron chi connectivity index (χ3n) is 4.18. The number of Topliss-reactive ketones (excluding diaryl/α,β-unsaturated/α-hetero) is 1. The Morgan fingerprint density at radius 3 is 2.43 bits per heavy atom. The topological polar surface area (TPSA) is 29.6 Å². The first-order valence-electron chi connectivity index (χ1n) is 5.53. The van der Waals surface area contributed by atoms with Crippen LogP contribution in [-0.4, -0.2) is 17.5 Å². The maximum absolute atomic E-state index is 12.2. The summed E-state index contributed by atoms with van der Waals surface area (Å²) in [5.41, 5.74) is -0.648. The molecule has 1 aliphatic heterocycles. The maximum atomic E-state index is 12.2. The molecular formula is C12H20O2. The van der Waals surface area contributed by atoms with Gasteiger partial charge in [-0.25, -0.2) is 0 Å².